The molecule has 5 nitrogen and oxygen atoms in total. The number of nitro benzene ring substituents is 1. The Morgan fingerprint density at radius 2 is 2.06 bits per heavy atom. The number of fused-ring (bicyclic) bond motifs is 1. The van der Waals surface area contributed by atoms with Crippen molar-refractivity contribution in [3.8, 4) is 0 Å². The van der Waals surface area contributed by atoms with Crippen molar-refractivity contribution in [1.82, 2.24) is 0 Å². The first-order valence-electron chi connectivity index (χ1n) is 5.45. The quantitative estimate of drug-likeness (QED) is 0.620. The van der Waals surface area contributed by atoms with Crippen LogP contribution in [0.1, 0.15) is 0 Å². The van der Waals surface area contributed by atoms with Gasteiger partial charge in [0.1, 0.15) is 11.5 Å². The largest absolute Gasteiger partial charge is 0.392 e. The average molecular weight is 238 g/mol. The predicted octanol–water partition coefficient (Wildman–Crippen LogP) is 1.16. The summed E-state index contributed by atoms with van der Waals surface area (Å²) < 4.78 is 13.0. The van der Waals surface area contributed by atoms with Gasteiger partial charge in [-0.2, -0.15) is 0 Å². The Balaban J connectivity index is 1.90. The van der Waals surface area contributed by atoms with E-state index in [4.69, 9.17) is 0 Å². The first-order valence-corrected chi connectivity index (χ1v) is 5.45. The zero-order valence-electron chi connectivity index (χ0n) is 8.91. The molecular weight excluding hydrogens is 227 g/mol. The maximum atomic E-state index is 13.0. The fourth-order valence-corrected chi connectivity index (χ4v) is 2.60. The molecular formula is C11H11FN2O3. The van der Waals surface area contributed by atoms with Crippen LogP contribution in [-0.4, -0.2) is 29.2 Å². The van der Waals surface area contributed by atoms with E-state index >= 15 is 0 Å². The molecule has 1 N–H and O–H groups in total. The summed E-state index contributed by atoms with van der Waals surface area (Å²) in [4.78, 5) is 12.1. The van der Waals surface area contributed by atoms with E-state index in [1.807, 2.05) is 4.90 Å². The third-order valence-corrected chi connectivity index (χ3v) is 3.62. The van der Waals surface area contributed by atoms with Gasteiger partial charge in [-0.3, -0.25) is 10.1 Å². The van der Waals surface area contributed by atoms with Crippen molar-refractivity contribution in [2.45, 2.75) is 6.10 Å². The molecule has 17 heavy (non-hydrogen) atoms. The van der Waals surface area contributed by atoms with Gasteiger partial charge in [-0.1, -0.05) is 0 Å². The third kappa shape index (κ3) is 1.56. The Hall–Kier alpha value is -1.69. The Labute approximate surface area is 96.6 Å². The van der Waals surface area contributed by atoms with Crippen molar-refractivity contribution < 1.29 is 14.4 Å². The molecule has 1 aromatic carbocycles. The number of aliphatic hydroxyl groups is 1. The van der Waals surface area contributed by atoms with Gasteiger partial charge < -0.3 is 10.0 Å². The van der Waals surface area contributed by atoms with Crippen LogP contribution in [0.15, 0.2) is 18.2 Å². The Kier molecular flexibility index (Phi) is 2.09. The van der Waals surface area contributed by atoms with Crippen molar-refractivity contribution >= 4 is 11.4 Å². The molecule has 3 rings (SSSR count). The molecule has 0 spiro atoms. The third-order valence-electron chi connectivity index (χ3n) is 3.62. The molecule has 0 radical (unpaired) electrons. The van der Waals surface area contributed by atoms with Crippen LogP contribution >= 0.6 is 0 Å². The molecule has 90 valence electrons. The minimum atomic E-state index is -0.607. The van der Waals surface area contributed by atoms with Gasteiger partial charge in [0.2, 0.25) is 0 Å². The molecule has 1 heterocycles. The lowest BCUT2D eigenvalue weighted by atomic mass is 10.2. The van der Waals surface area contributed by atoms with Gasteiger partial charge in [-0.05, 0) is 12.1 Å². The van der Waals surface area contributed by atoms with Gasteiger partial charge in [0.05, 0.1) is 17.1 Å². The van der Waals surface area contributed by atoms with E-state index in [1.165, 1.54) is 12.1 Å². The van der Waals surface area contributed by atoms with Crippen LogP contribution < -0.4 is 4.90 Å². The zero-order valence-corrected chi connectivity index (χ0v) is 8.91. The van der Waals surface area contributed by atoms with Crippen molar-refractivity contribution in [3.63, 3.8) is 0 Å². The smallest absolute Gasteiger partial charge is 0.295 e. The normalized spacial score (nSPS) is 30.2. The van der Waals surface area contributed by atoms with Gasteiger partial charge in [-0.15, -0.1) is 0 Å². The van der Waals surface area contributed by atoms with Crippen LogP contribution in [0.25, 0.3) is 0 Å². The number of nitrogens with zero attached hydrogens (tertiary/aromatic N) is 2. The molecule has 1 saturated carbocycles. The van der Waals surface area contributed by atoms with E-state index in [-0.39, 0.29) is 23.6 Å². The number of benzene rings is 1. The Morgan fingerprint density at radius 3 is 2.65 bits per heavy atom. The fourth-order valence-electron chi connectivity index (χ4n) is 2.60. The summed E-state index contributed by atoms with van der Waals surface area (Å²) in [6.45, 7) is 1.22. The molecule has 6 heteroatoms. The number of halogens is 1. The summed E-state index contributed by atoms with van der Waals surface area (Å²) in [7, 11) is 0. The minimum Gasteiger partial charge on any atom is -0.392 e. The lowest BCUT2D eigenvalue weighted by molar-refractivity contribution is -0.384. The second kappa shape index (κ2) is 3.40. The molecule has 1 saturated heterocycles. The maximum Gasteiger partial charge on any atom is 0.295 e. The number of rotatable bonds is 2. The second-order valence-electron chi connectivity index (χ2n) is 4.61. The summed E-state index contributed by atoms with van der Waals surface area (Å²) in [5, 5.41) is 20.3. The van der Waals surface area contributed by atoms with E-state index in [9.17, 15) is 19.6 Å². The van der Waals surface area contributed by atoms with Gasteiger partial charge in [-0.25, -0.2) is 4.39 Å². The number of hydrogen-bond acceptors (Lipinski definition) is 4. The number of anilines is 1. The van der Waals surface area contributed by atoms with Crippen LogP contribution in [0.4, 0.5) is 15.8 Å². The van der Waals surface area contributed by atoms with Gasteiger partial charge in [0.25, 0.3) is 5.69 Å². The topological polar surface area (TPSA) is 66.6 Å². The summed E-state index contributed by atoms with van der Waals surface area (Å²) in [6, 6.07) is 3.60. The van der Waals surface area contributed by atoms with Crippen LogP contribution in [0.5, 0.6) is 0 Å². The summed E-state index contributed by atoms with van der Waals surface area (Å²) >= 11 is 0. The highest BCUT2D eigenvalue weighted by molar-refractivity contribution is 5.64. The number of nitro groups is 1. The van der Waals surface area contributed by atoms with Gasteiger partial charge >= 0.3 is 0 Å². The highest BCUT2D eigenvalue weighted by Gasteiger charge is 2.55. The first-order chi connectivity index (χ1) is 8.08. The van der Waals surface area contributed by atoms with E-state index in [0.717, 1.165) is 6.07 Å². The Bertz CT molecular complexity index is 482. The van der Waals surface area contributed by atoms with Gasteiger partial charge in [0.15, 0.2) is 0 Å². The van der Waals surface area contributed by atoms with Crippen molar-refractivity contribution in [3.05, 3.63) is 34.1 Å². The SMILES string of the molecule is O=[N+]([O-])c1cc(F)ccc1N1CC2[C@@H](O)[C@@H]2C1. The number of piperidine rings is 1. The lowest BCUT2D eigenvalue weighted by Crippen LogP contribution is -2.25. The van der Waals surface area contributed by atoms with Crippen LogP contribution in [-0.2, 0) is 0 Å². The zero-order chi connectivity index (χ0) is 12.2. The van der Waals surface area contributed by atoms with Crippen molar-refractivity contribution in [2.24, 2.45) is 11.8 Å². The first kappa shape index (κ1) is 10.5. The molecule has 0 aromatic heterocycles. The van der Waals surface area contributed by atoms with Crippen LogP contribution in [0.2, 0.25) is 0 Å². The average Bonchev–Trinajstić information content (AvgIpc) is 2.75. The van der Waals surface area contributed by atoms with Crippen molar-refractivity contribution in [1.29, 1.82) is 0 Å². The molecule has 0 bridgehead atoms. The number of hydrogen-bond donors (Lipinski definition) is 1. The van der Waals surface area contributed by atoms with E-state index in [2.05, 4.69) is 0 Å². The molecule has 1 aliphatic heterocycles. The summed E-state index contributed by atoms with van der Waals surface area (Å²) in [5.74, 6) is -0.163. The minimum absolute atomic E-state index is 0.208. The molecule has 3 atom stereocenters. The molecule has 2 fully saturated rings. The monoisotopic (exact) mass is 238 g/mol. The predicted molar refractivity (Wildman–Crippen MR) is 58.3 cm³/mol. The second-order valence-corrected chi connectivity index (χ2v) is 4.61. The van der Waals surface area contributed by atoms with Crippen LogP contribution in [0, 0.1) is 27.8 Å². The number of aliphatic hydroxyl groups excluding tert-OH is 1. The van der Waals surface area contributed by atoms with E-state index in [1.54, 1.807) is 0 Å². The highest BCUT2D eigenvalue weighted by atomic mass is 19.1. The molecule has 0 amide bonds. The molecule has 1 unspecified atom stereocenters. The summed E-state index contributed by atoms with van der Waals surface area (Å²) in [5.41, 5.74) is 0.233. The standard InChI is InChI=1S/C11H11FN2O3/c12-6-1-2-9(10(3-6)14(16)17)13-4-7-8(5-13)11(7)15/h1-3,7-8,11,15H,4-5H2/t7-,8?,11+/m1/s1. The maximum absolute atomic E-state index is 13.0. The van der Waals surface area contributed by atoms with Crippen molar-refractivity contribution in [2.75, 3.05) is 18.0 Å². The lowest BCUT2D eigenvalue weighted by Gasteiger charge is -2.20. The van der Waals surface area contributed by atoms with E-state index < -0.39 is 10.7 Å². The summed E-state index contributed by atoms with van der Waals surface area (Å²) in [6.07, 6.45) is -0.259. The Morgan fingerprint density at radius 1 is 1.41 bits per heavy atom. The van der Waals surface area contributed by atoms with E-state index in [0.29, 0.717) is 18.8 Å². The van der Waals surface area contributed by atoms with Gasteiger partial charge in [0, 0.05) is 24.9 Å². The molecule has 1 aromatic rings. The molecule has 1 aliphatic carbocycles. The van der Waals surface area contributed by atoms with Crippen LogP contribution in [0.3, 0.4) is 0 Å². The fraction of sp³-hybridized carbons (Fsp3) is 0.455. The molecule has 2 aliphatic rings. The highest BCUT2D eigenvalue weighted by Crippen LogP contribution is 2.47.